The zero-order valence-corrected chi connectivity index (χ0v) is 19.2. The summed E-state index contributed by atoms with van der Waals surface area (Å²) in [7, 11) is 0. The summed E-state index contributed by atoms with van der Waals surface area (Å²) >= 11 is 1.51. The van der Waals surface area contributed by atoms with Gasteiger partial charge in [0, 0.05) is 29.5 Å². The van der Waals surface area contributed by atoms with Gasteiger partial charge in [-0.15, -0.1) is 0 Å². The van der Waals surface area contributed by atoms with Crippen molar-refractivity contribution in [2.24, 2.45) is 4.99 Å². The van der Waals surface area contributed by atoms with Crippen LogP contribution in [-0.4, -0.2) is 52.2 Å². The van der Waals surface area contributed by atoms with Gasteiger partial charge in [0.05, 0.1) is 37.4 Å². The number of hydrogen-bond donors (Lipinski definition) is 2. The number of fused-ring (bicyclic) bond motifs is 1. The van der Waals surface area contributed by atoms with Crippen LogP contribution in [0.15, 0.2) is 47.5 Å². The molecule has 2 aromatic carbocycles. The van der Waals surface area contributed by atoms with Crippen molar-refractivity contribution in [2.45, 2.75) is 37.5 Å². The molecular weight excluding hydrogens is 440 g/mol. The second kappa shape index (κ2) is 9.49. The zero-order valence-electron chi connectivity index (χ0n) is 18.4. The largest absolute Gasteiger partial charge is 0.488 e. The first-order chi connectivity index (χ1) is 16.0. The first kappa shape index (κ1) is 21.9. The SMILES string of the molecule is Cc1ccc(Oc2cc(OC3CCOCC3)c3[nH]c(C4=NCC(CC(=O)O)S4)cc3c2)cc1. The molecule has 2 aliphatic heterocycles. The highest BCUT2D eigenvalue weighted by Gasteiger charge is 2.25. The monoisotopic (exact) mass is 466 g/mol. The number of carboxylic acid groups (broad SMARTS) is 1. The number of thioether (sulfide) groups is 1. The van der Waals surface area contributed by atoms with Crippen LogP contribution in [0, 0.1) is 6.92 Å². The Morgan fingerprint density at radius 1 is 1.18 bits per heavy atom. The maximum atomic E-state index is 11.1. The molecule has 7 nitrogen and oxygen atoms in total. The fourth-order valence-corrected chi connectivity index (χ4v) is 5.11. The summed E-state index contributed by atoms with van der Waals surface area (Å²) in [5, 5.41) is 10.8. The smallest absolute Gasteiger partial charge is 0.304 e. The molecule has 1 unspecified atom stereocenters. The van der Waals surface area contributed by atoms with E-state index in [0.29, 0.717) is 25.5 Å². The van der Waals surface area contributed by atoms with Crippen LogP contribution < -0.4 is 9.47 Å². The average Bonchev–Trinajstić information content (AvgIpc) is 3.43. The molecule has 1 aromatic heterocycles. The summed E-state index contributed by atoms with van der Waals surface area (Å²) in [5.74, 6) is 1.40. The predicted molar refractivity (Wildman–Crippen MR) is 129 cm³/mol. The van der Waals surface area contributed by atoms with Gasteiger partial charge in [-0.3, -0.25) is 9.79 Å². The van der Waals surface area contributed by atoms with Gasteiger partial charge < -0.3 is 24.3 Å². The number of ether oxygens (including phenoxy) is 3. The molecule has 8 heteroatoms. The minimum atomic E-state index is -0.800. The number of aromatic nitrogens is 1. The maximum Gasteiger partial charge on any atom is 0.304 e. The number of carboxylic acids is 1. The van der Waals surface area contributed by atoms with E-state index in [-0.39, 0.29) is 17.8 Å². The van der Waals surface area contributed by atoms with E-state index < -0.39 is 5.97 Å². The number of aliphatic imine (C=N–C) groups is 1. The number of carbonyl (C=O) groups is 1. The standard InChI is InChI=1S/C25H26N2O5S/c1-15-2-4-17(5-3-15)31-19-10-16-11-21(25-26-14-20(33-25)13-23(28)29)27-24(16)22(12-19)32-18-6-8-30-9-7-18/h2-5,10-12,18,20,27H,6-9,13-14H2,1H3,(H,28,29). The number of aryl methyl sites for hydroxylation is 1. The van der Waals surface area contributed by atoms with Crippen molar-refractivity contribution in [1.29, 1.82) is 0 Å². The van der Waals surface area contributed by atoms with Crippen LogP contribution >= 0.6 is 11.8 Å². The van der Waals surface area contributed by atoms with Crippen LogP contribution in [0.4, 0.5) is 0 Å². The third-order valence-corrected chi connectivity index (χ3v) is 6.96. The summed E-state index contributed by atoms with van der Waals surface area (Å²) in [6.07, 6.45) is 1.88. The Balaban J connectivity index is 1.46. The first-order valence-electron chi connectivity index (χ1n) is 11.1. The highest BCUT2D eigenvalue weighted by Crippen LogP contribution is 2.37. The van der Waals surface area contributed by atoms with Crippen LogP contribution in [0.25, 0.3) is 10.9 Å². The molecule has 0 radical (unpaired) electrons. The molecule has 1 atom stereocenters. The van der Waals surface area contributed by atoms with Crippen molar-refractivity contribution in [1.82, 2.24) is 4.98 Å². The summed E-state index contributed by atoms with van der Waals surface area (Å²) in [6, 6.07) is 13.9. The van der Waals surface area contributed by atoms with Gasteiger partial charge in [0.25, 0.3) is 0 Å². The molecular formula is C25H26N2O5S. The molecule has 1 fully saturated rings. The predicted octanol–water partition coefficient (Wildman–Crippen LogP) is 5.16. The summed E-state index contributed by atoms with van der Waals surface area (Å²) < 4.78 is 18.0. The number of aliphatic carboxylic acids is 1. The van der Waals surface area contributed by atoms with Crippen LogP contribution in [0.2, 0.25) is 0 Å². The average molecular weight is 467 g/mol. The molecule has 1 saturated heterocycles. The van der Waals surface area contributed by atoms with E-state index in [9.17, 15) is 4.79 Å². The molecule has 5 rings (SSSR count). The normalized spacial score (nSPS) is 18.9. The number of aromatic amines is 1. The molecule has 3 heterocycles. The molecule has 2 aliphatic rings. The minimum Gasteiger partial charge on any atom is -0.488 e. The van der Waals surface area contributed by atoms with Gasteiger partial charge in [-0.1, -0.05) is 29.5 Å². The Kier molecular flexibility index (Phi) is 6.28. The van der Waals surface area contributed by atoms with Crippen LogP contribution in [0.1, 0.15) is 30.5 Å². The molecule has 0 bridgehead atoms. The number of rotatable bonds is 7. The van der Waals surface area contributed by atoms with Gasteiger partial charge in [0.1, 0.15) is 28.4 Å². The lowest BCUT2D eigenvalue weighted by Gasteiger charge is -2.24. The Morgan fingerprint density at radius 3 is 2.73 bits per heavy atom. The molecule has 0 saturated carbocycles. The zero-order chi connectivity index (χ0) is 22.8. The number of nitrogens with zero attached hydrogens (tertiary/aromatic N) is 1. The van der Waals surface area contributed by atoms with Crippen molar-refractivity contribution in [3.63, 3.8) is 0 Å². The highest BCUT2D eigenvalue weighted by molar-refractivity contribution is 8.15. The summed E-state index contributed by atoms with van der Waals surface area (Å²) in [6.45, 7) is 3.94. The fourth-order valence-electron chi connectivity index (χ4n) is 4.03. The van der Waals surface area contributed by atoms with Gasteiger partial charge >= 0.3 is 5.97 Å². The highest BCUT2D eigenvalue weighted by atomic mass is 32.2. The molecule has 172 valence electrons. The van der Waals surface area contributed by atoms with Crippen molar-refractivity contribution >= 4 is 33.7 Å². The Morgan fingerprint density at radius 2 is 1.97 bits per heavy atom. The second-order valence-corrected chi connectivity index (χ2v) is 9.69. The van der Waals surface area contributed by atoms with Gasteiger partial charge in [-0.05, 0) is 31.2 Å². The lowest BCUT2D eigenvalue weighted by molar-refractivity contribution is -0.136. The molecule has 0 spiro atoms. The Bertz CT molecular complexity index is 1180. The maximum absolute atomic E-state index is 11.1. The molecule has 0 aliphatic carbocycles. The van der Waals surface area contributed by atoms with E-state index in [2.05, 4.69) is 9.98 Å². The lowest BCUT2D eigenvalue weighted by atomic mass is 10.1. The minimum absolute atomic E-state index is 0.0395. The van der Waals surface area contributed by atoms with Gasteiger partial charge in [0.15, 0.2) is 0 Å². The molecule has 33 heavy (non-hydrogen) atoms. The number of hydrogen-bond acceptors (Lipinski definition) is 6. The third kappa shape index (κ3) is 5.17. The summed E-state index contributed by atoms with van der Waals surface area (Å²) in [5.41, 5.74) is 2.93. The fraction of sp³-hybridized carbons (Fsp3) is 0.360. The lowest BCUT2D eigenvalue weighted by Crippen LogP contribution is -2.25. The van der Waals surface area contributed by atoms with E-state index in [1.807, 2.05) is 49.4 Å². The van der Waals surface area contributed by atoms with Crippen molar-refractivity contribution in [3.05, 3.63) is 53.7 Å². The Hall–Kier alpha value is -2.97. The van der Waals surface area contributed by atoms with Crippen LogP contribution in [0.5, 0.6) is 17.2 Å². The van der Waals surface area contributed by atoms with E-state index in [1.54, 1.807) is 0 Å². The number of benzene rings is 2. The Labute approximate surface area is 196 Å². The first-order valence-corrected chi connectivity index (χ1v) is 12.0. The topological polar surface area (TPSA) is 93.1 Å². The van der Waals surface area contributed by atoms with E-state index in [0.717, 1.165) is 46.0 Å². The number of H-pyrrole nitrogens is 1. The molecule has 0 amide bonds. The van der Waals surface area contributed by atoms with Crippen molar-refractivity contribution in [3.8, 4) is 17.2 Å². The second-order valence-electron chi connectivity index (χ2n) is 8.40. The van der Waals surface area contributed by atoms with E-state index >= 15 is 0 Å². The van der Waals surface area contributed by atoms with Crippen LogP contribution in [-0.2, 0) is 9.53 Å². The molecule has 2 N–H and O–H groups in total. The van der Waals surface area contributed by atoms with Crippen LogP contribution in [0.3, 0.4) is 0 Å². The van der Waals surface area contributed by atoms with Crippen molar-refractivity contribution < 1.29 is 24.1 Å². The van der Waals surface area contributed by atoms with Gasteiger partial charge in [-0.25, -0.2) is 0 Å². The third-order valence-electron chi connectivity index (χ3n) is 5.73. The summed E-state index contributed by atoms with van der Waals surface area (Å²) in [4.78, 5) is 19.1. The quantitative estimate of drug-likeness (QED) is 0.499. The molecule has 3 aromatic rings. The van der Waals surface area contributed by atoms with E-state index in [1.165, 1.54) is 17.3 Å². The van der Waals surface area contributed by atoms with Gasteiger partial charge in [0.2, 0.25) is 0 Å². The van der Waals surface area contributed by atoms with Crippen molar-refractivity contribution in [2.75, 3.05) is 19.8 Å². The van der Waals surface area contributed by atoms with E-state index in [4.69, 9.17) is 19.3 Å². The number of nitrogens with one attached hydrogen (secondary N) is 1. The van der Waals surface area contributed by atoms with Gasteiger partial charge in [-0.2, -0.15) is 0 Å².